The SMILES string of the molecule is CCCCCCCCCCCCCCCCCCCCCCC#Cc1cc(O)cc(C#CCCCCCCCCCCCCCCCCCCCCCC)c1. The van der Waals surface area contributed by atoms with E-state index in [4.69, 9.17) is 0 Å². The van der Waals surface area contributed by atoms with Crippen molar-refractivity contribution in [2.75, 3.05) is 0 Å². The van der Waals surface area contributed by atoms with Gasteiger partial charge in [0.05, 0.1) is 0 Å². The first-order valence-corrected chi connectivity index (χ1v) is 25.1. The van der Waals surface area contributed by atoms with Gasteiger partial charge in [-0.15, -0.1) is 0 Å². The zero-order chi connectivity index (χ0) is 39.4. The van der Waals surface area contributed by atoms with E-state index in [-0.39, 0.29) is 5.75 Å². The lowest BCUT2D eigenvalue weighted by atomic mass is 10.0. The monoisotopic (exact) mass is 759 g/mol. The van der Waals surface area contributed by atoms with Gasteiger partial charge in [0, 0.05) is 24.0 Å². The van der Waals surface area contributed by atoms with Crippen LogP contribution in [0, 0.1) is 23.7 Å². The minimum Gasteiger partial charge on any atom is -0.508 e. The Balaban J connectivity index is 1.91. The van der Waals surface area contributed by atoms with Crippen LogP contribution in [0.4, 0.5) is 0 Å². The van der Waals surface area contributed by atoms with Crippen LogP contribution < -0.4 is 0 Å². The molecule has 1 aromatic carbocycles. The van der Waals surface area contributed by atoms with E-state index in [1.54, 1.807) is 12.1 Å². The molecule has 0 saturated carbocycles. The molecule has 1 heteroatoms. The van der Waals surface area contributed by atoms with E-state index in [2.05, 4.69) is 37.5 Å². The van der Waals surface area contributed by atoms with Crippen molar-refractivity contribution in [2.24, 2.45) is 0 Å². The summed E-state index contributed by atoms with van der Waals surface area (Å²) in [4.78, 5) is 0. The predicted octanol–water partition coefficient (Wildman–Crippen LogP) is 18.5. The van der Waals surface area contributed by atoms with Crippen LogP contribution in [0.5, 0.6) is 5.75 Å². The minimum atomic E-state index is 0.272. The van der Waals surface area contributed by atoms with E-state index in [9.17, 15) is 5.11 Å². The number of aromatic hydroxyl groups is 1. The Bertz CT molecular complexity index is 966. The highest BCUT2D eigenvalue weighted by Crippen LogP contribution is 2.18. The van der Waals surface area contributed by atoms with Gasteiger partial charge in [-0.1, -0.05) is 282 Å². The number of hydrogen-bond acceptors (Lipinski definition) is 1. The first kappa shape index (κ1) is 51.2. The van der Waals surface area contributed by atoms with Gasteiger partial charge in [-0.05, 0) is 31.0 Å². The molecule has 1 N–H and O–H groups in total. The lowest BCUT2D eigenvalue weighted by molar-refractivity contribution is 0.475. The second kappa shape index (κ2) is 43.3. The van der Waals surface area contributed by atoms with Crippen molar-refractivity contribution >= 4 is 0 Å². The first-order chi connectivity index (χ1) is 27.3. The molecule has 0 amide bonds. The Morgan fingerprint density at radius 2 is 0.491 bits per heavy atom. The van der Waals surface area contributed by atoms with Crippen molar-refractivity contribution in [3.8, 4) is 29.4 Å². The van der Waals surface area contributed by atoms with Crippen LogP contribution in [0.1, 0.15) is 295 Å². The average molecular weight is 759 g/mol. The summed E-state index contributed by atoms with van der Waals surface area (Å²) in [6.07, 6.45) is 58.3. The molecule has 0 heterocycles. The normalized spacial score (nSPS) is 11.0. The van der Waals surface area contributed by atoms with Crippen LogP contribution in [0.2, 0.25) is 0 Å². The van der Waals surface area contributed by atoms with Gasteiger partial charge in [-0.25, -0.2) is 0 Å². The van der Waals surface area contributed by atoms with Crippen LogP contribution in [0.25, 0.3) is 0 Å². The average Bonchev–Trinajstić information content (AvgIpc) is 3.18. The number of rotatable bonds is 40. The van der Waals surface area contributed by atoms with Crippen molar-refractivity contribution in [3.05, 3.63) is 29.3 Å². The molecular weight excluding hydrogens is 665 g/mol. The highest BCUT2D eigenvalue weighted by molar-refractivity contribution is 5.48. The molecule has 0 fully saturated rings. The van der Waals surface area contributed by atoms with Gasteiger partial charge in [0.15, 0.2) is 0 Å². The topological polar surface area (TPSA) is 20.2 Å². The van der Waals surface area contributed by atoms with E-state index in [1.165, 1.54) is 257 Å². The van der Waals surface area contributed by atoms with Gasteiger partial charge in [-0.2, -0.15) is 0 Å². The van der Waals surface area contributed by atoms with Crippen molar-refractivity contribution in [1.82, 2.24) is 0 Å². The summed E-state index contributed by atoms with van der Waals surface area (Å²) in [5, 5.41) is 10.2. The number of benzene rings is 1. The smallest absolute Gasteiger partial charge is 0.118 e. The largest absolute Gasteiger partial charge is 0.508 e. The van der Waals surface area contributed by atoms with Gasteiger partial charge in [0.1, 0.15) is 5.75 Å². The fourth-order valence-electron chi connectivity index (χ4n) is 8.02. The van der Waals surface area contributed by atoms with Crippen LogP contribution >= 0.6 is 0 Å². The number of unbranched alkanes of at least 4 members (excludes halogenated alkanes) is 40. The second-order valence-corrected chi connectivity index (χ2v) is 17.3. The summed E-state index contributed by atoms with van der Waals surface area (Å²) >= 11 is 0. The first-order valence-electron chi connectivity index (χ1n) is 25.1. The summed E-state index contributed by atoms with van der Waals surface area (Å²) in [6.45, 7) is 4.60. The zero-order valence-electron chi connectivity index (χ0n) is 37.4. The predicted molar refractivity (Wildman–Crippen MR) is 247 cm³/mol. The molecule has 0 aliphatic rings. The molecule has 0 unspecified atom stereocenters. The number of phenolic OH excluding ortho intramolecular Hbond substituents is 1. The van der Waals surface area contributed by atoms with E-state index < -0.39 is 0 Å². The molecule has 0 aliphatic carbocycles. The molecule has 0 radical (unpaired) electrons. The Labute approximate surface area is 346 Å². The zero-order valence-corrected chi connectivity index (χ0v) is 37.4. The summed E-state index contributed by atoms with van der Waals surface area (Å²) < 4.78 is 0. The third-order valence-electron chi connectivity index (χ3n) is 11.7. The lowest BCUT2D eigenvalue weighted by Gasteiger charge is -2.04. The second-order valence-electron chi connectivity index (χ2n) is 17.3. The fraction of sp³-hybridized carbons (Fsp3) is 0.815. The summed E-state index contributed by atoms with van der Waals surface area (Å²) in [5.74, 6) is 13.5. The van der Waals surface area contributed by atoms with Gasteiger partial charge in [-0.3, -0.25) is 0 Å². The molecule has 55 heavy (non-hydrogen) atoms. The Kier molecular flexibility index (Phi) is 40.2. The van der Waals surface area contributed by atoms with Gasteiger partial charge in [0.25, 0.3) is 0 Å². The Morgan fingerprint density at radius 3 is 0.709 bits per heavy atom. The van der Waals surface area contributed by atoms with Crippen molar-refractivity contribution < 1.29 is 5.11 Å². The Hall–Kier alpha value is -1.86. The maximum absolute atomic E-state index is 10.2. The molecule has 0 saturated heterocycles. The Morgan fingerprint density at radius 1 is 0.291 bits per heavy atom. The minimum absolute atomic E-state index is 0.272. The summed E-state index contributed by atoms with van der Waals surface area (Å²) in [6, 6.07) is 5.58. The van der Waals surface area contributed by atoms with Gasteiger partial charge in [0.2, 0.25) is 0 Å². The van der Waals surface area contributed by atoms with Crippen LogP contribution in [-0.2, 0) is 0 Å². The van der Waals surface area contributed by atoms with Crippen molar-refractivity contribution in [2.45, 2.75) is 284 Å². The van der Waals surface area contributed by atoms with E-state index in [0.717, 1.165) is 24.0 Å². The molecule has 0 bridgehead atoms. The molecule has 0 aromatic heterocycles. The van der Waals surface area contributed by atoms with Crippen LogP contribution in [0.15, 0.2) is 18.2 Å². The van der Waals surface area contributed by atoms with Crippen molar-refractivity contribution in [1.29, 1.82) is 0 Å². The standard InChI is InChI=1S/C54H94O/c1-3-5-7-9-11-13-15-17-19-21-23-25-27-29-31-33-35-37-39-41-43-45-47-52-49-53(51-54(55)50-52)48-46-44-42-40-38-36-34-32-30-28-26-24-22-20-18-16-14-12-10-8-6-4-2/h49-51,55H,3-44H2,1-2H3. The molecule has 0 atom stereocenters. The molecule has 1 rings (SSSR count). The number of hydrogen-bond donors (Lipinski definition) is 1. The molecular formula is C54H94O. The fourth-order valence-corrected chi connectivity index (χ4v) is 8.02. The third kappa shape index (κ3) is 38.8. The van der Waals surface area contributed by atoms with Gasteiger partial charge >= 0.3 is 0 Å². The molecule has 1 nitrogen and oxygen atoms in total. The van der Waals surface area contributed by atoms with E-state index in [0.29, 0.717) is 0 Å². The van der Waals surface area contributed by atoms with E-state index >= 15 is 0 Å². The van der Waals surface area contributed by atoms with Crippen LogP contribution in [-0.4, -0.2) is 5.11 Å². The lowest BCUT2D eigenvalue weighted by Crippen LogP contribution is -1.84. The maximum atomic E-state index is 10.2. The summed E-state index contributed by atoms with van der Waals surface area (Å²) in [7, 11) is 0. The highest BCUT2D eigenvalue weighted by Gasteiger charge is 1.99. The summed E-state index contributed by atoms with van der Waals surface area (Å²) in [5.41, 5.74) is 1.77. The number of phenols is 1. The van der Waals surface area contributed by atoms with E-state index in [1.807, 2.05) is 6.07 Å². The molecule has 0 spiro atoms. The molecule has 316 valence electrons. The van der Waals surface area contributed by atoms with Crippen LogP contribution in [0.3, 0.4) is 0 Å². The van der Waals surface area contributed by atoms with Crippen molar-refractivity contribution in [3.63, 3.8) is 0 Å². The third-order valence-corrected chi connectivity index (χ3v) is 11.7. The molecule has 0 aliphatic heterocycles. The maximum Gasteiger partial charge on any atom is 0.118 e. The quantitative estimate of drug-likeness (QED) is 0.0522. The highest BCUT2D eigenvalue weighted by atomic mass is 16.3. The molecule has 1 aromatic rings. The van der Waals surface area contributed by atoms with Gasteiger partial charge < -0.3 is 5.11 Å².